The average molecular weight is 251 g/mol. The summed E-state index contributed by atoms with van der Waals surface area (Å²) in [7, 11) is 0. The van der Waals surface area contributed by atoms with Crippen LogP contribution in [0.1, 0.15) is 49.3 Å². The summed E-state index contributed by atoms with van der Waals surface area (Å²) in [5.41, 5.74) is 2.60. The van der Waals surface area contributed by atoms with Crippen molar-refractivity contribution in [1.82, 2.24) is 15.3 Å². The zero-order valence-corrected chi connectivity index (χ0v) is 11.5. The van der Waals surface area contributed by atoms with Crippen molar-refractivity contribution < 1.29 is 0 Å². The summed E-state index contributed by atoms with van der Waals surface area (Å²) in [6, 6.07) is 0.474. The van der Waals surface area contributed by atoms with Crippen molar-refractivity contribution in [2.45, 2.75) is 44.4 Å². The Balaban J connectivity index is 2.14. The van der Waals surface area contributed by atoms with Gasteiger partial charge in [-0.15, -0.1) is 0 Å². The maximum atomic E-state index is 4.69. The molecule has 0 aromatic carbocycles. The number of aromatic nitrogens is 2. The Kier molecular flexibility index (Phi) is 4.80. The lowest BCUT2D eigenvalue weighted by molar-refractivity contribution is 0.452. The minimum Gasteiger partial charge on any atom is -0.310 e. The van der Waals surface area contributed by atoms with E-state index in [2.05, 4.69) is 28.5 Å². The molecule has 0 radical (unpaired) electrons. The quantitative estimate of drug-likeness (QED) is 0.873. The molecule has 0 spiro atoms. The summed E-state index contributed by atoms with van der Waals surface area (Å²) >= 11 is 1.78. The summed E-state index contributed by atoms with van der Waals surface area (Å²) < 4.78 is 0. The molecule has 0 fully saturated rings. The summed E-state index contributed by atoms with van der Waals surface area (Å²) in [6.45, 7) is 3.28. The SMILES string of the molecule is CCCNC1CCCc2nc(CSC)ncc21. The van der Waals surface area contributed by atoms with Crippen LogP contribution in [0.4, 0.5) is 0 Å². The van der Waals surface area contributed by atoms with Crippen molar-refractivity contribution in [1.29, 1.82) is 0 Å². The van der Waals surface area contributed by atoms with Crippen molar-refractivity contribution in [3.05, 3.63) is 23.3 Å². The third-order valence-corrected chi connectivity index (χ3v) is 3.69. The predicted molar refractivity (Wildman–Crippen MR) is 73.2 cm³/mol. The molecule has 1 N–H and O–H groups in total. The van der Waals surface area contributed by atoms with Gasteiger partial charge in [0, 0.05) is 23.5 Å². The van der Waals surface area contributed by atoms with Crippen molar-refractivity contribution in [2.75, 3.05) is 12.8 Å². The molecule has 0 bridgehead atoms. The molecular formula is C13H21N3S. The van der Waals surface area contributed by atoms with Crippen LogP contribution in [0.3, 0.4) is 0 Å². The highest BCUT2D eigenvalue weighted by Gasteiger charge is 2.21. The van der Waals surface area contributed by atoms with Crippen LogP contribution >= 0.6 is 11.8 Å². The van der Waals surface area contributed by atoms with E-state index in [1.165, 1.54) is 30.5 Å². The van der Waals surface area contributed by atoms with Gasteiger partial charge in [0.2, 0.25) is 0 Å². The topological polar surface area (TPSA) is 37.8 Å². The van der Waals surface area contributed by atoms with Gasteiger partial charge < -0.3 is 5.32 Å². The molecule has 1 heterocycles. The van der Waals surface area contributed by atoms with E-state index < -0.39 is 0 Å². The van der Waals surface area contributed by atoms with Gasteiger partial charge in [-0.2, -0.15) is 11.8 Å². The predicted octanol–water partition coefficient (Wildman–Crippen LogP) is 2.72. The van der Waals surface area contributed by atoms with Gasteiger partial charge in [0.05, 0.1) is 5.75 Å². The largest absolute Gasteiger partial charge is 0.310 e. The molecule has 2 rings (SSSR count). The van der Waals surface area contributed by atoms with Crippen molar-refractivity contribution in [3.63, 3.8) is 0 Å². The van der Waals surface area contributed by atoms with E-state index in [0.717, 1.165) is 24.5 Å². The van der Waals surface area contributed by atoms with Gasteiger partial charge in [0.15, 0.2) is 0 Å². The highest BCUT2D eigenvalue weighted by Crippen LogP contribution is 2.28. The summed E-state index contributed by atoms with van der Waals surface area (Å²) in [5.74, 6) is 1.90. The van der Waals surface area contributed by atoms with Crippen LogP contribution < -0.4 is 5.32 Å². The Morgan fingerprint density at radius 2 is 2.41 bits per heavy atom. The van der Waals surface area contributed by atoms with Crippen LogP contribution in [0, 0.1) is 0 Å². The average Bonchev–Trinajstić information content (AvgIpc) is 2.36. The lowest BCUT2D eigenvalue weighted by Crippen LogP contribution is -2.27. The van der Waals surface area contributed by atoms with Gasteiger partial charge in [-0.05, 0) is 38.5 Å². The van der Waals surface area contributed by atoms with Crippen LogP contribution in [0.15, 0.2) is 6.20 Å². The first-order valence-electron chi connectivity index (χ1n) is 6.42. The second-order valence-corrected chi connectivity index (χ2v) is 5.39. The zero-order chi connectivity index (χ0) is 12.1. The number of nitrogens with zero attached hydrogens (tertiary/aromatic N) is 2. The first kappa shape index (κ1) is 12.8. The molecular weight excluding hydrogens is 230 g/mol. The van der Waals surface area contributed by atoms with Crippen LogP contribution in [0.5, 0.6) is 0 Å². The van der Waals surface area contributed by atoms with Crippen LogP contribution in [-0.2, 0) is 12.2 Å². The second-order valence-electron chi connectivity index (χ2n) is 4.52. The Bertz CT molecular complexity index is 368. The van der Waals surface area contributed by atoms with E-state index in [0.29, 0.717) is 6.04 Å². The van der Waals surface area contributed by atoms with Crippen molar-refractivity contribution in [2.24, 2.45) is 0 Å². The van der Waals surface area contributed by atoms with E-state index in [-0.39, 0.29) is 0 Å². The smallest absolute Gasteiger partial charge is 0.138 e. The molecule has 1 aliphatic rings. The fourth-order valence-corrected chi connectivity index (χ4v) is 2.71. The number of rotatable bonds is 5. The molecule has 1 unspecified atom stereocenters. The van der Waals surface area contributed by atoms with E-state index in [1.807, 2.05) is 6.20 Å². The van der Waals surface area contributed by atoms with Gasteiger partial charge in [-0.1, -0.05) is 6.92 Å². The standard InChI is InChI=1S/C13H21N3S/c1-3-7-14-11-5-4-6-12-10(11)8-15-13(16-12)9-17-2/h8,11,14H,3-7,9H2,1-2H3. The second kappa shape index (κ2) is 6.36. The molecule has 3 nitrogen and oxygen atoms in total. The first-order chi connectivity index (χ1) is 8.35. The molecule has 1 aromatic heterocycles. The molecule has 4 heteroatoms. The molecule has 1 aromatic rings. The summed E-state index contributed by atoms with van der Waals surface area (Å²) in [6.07, 6.45) is 8.89. The number of aryl methyl sites for hydroxylation is 1. The maximum Gasteiger partial charge on any atom is 0.138 e. The third-order valence-electron chi connectivity index (χ3n) is 3.15. The first-order valence-corrected chi connectivity index (χ1v) is 7.81. The van der Waals surface area contributed by atoms with E-state index in [9.17, 15) is 0 Å². The molecule has 0 amide bonds. The minimum absolute atomic E-state index is 0.474. The maximum absolute atomic E-state index is 4.69. The van der Waals surface area contributed by atoms with Gasteiger partial charge in [0.1, 0.15) is 5.82 Å². The van der Waals surface area contributed by atoms with Gasteiger partial charge in [-0.25, -0.2) is 9.97 Å². The Morgan fingerprint density at radius 3 is 3.18 bits per heavy atom. The number of hydrogen-bond donors (Lipinski definition) is 1. The monoisotopic (exact) mass is 251 g/mol. The Hall–Kier alpha value is -0.610. The highest BCUT2D eigenvalue weighted by molar-refractivity contribution is 7.97. The van der Waals surface area contributed by atoms with Crippen molar-refractivity contribution >= 4 is 11.8 Å². The number of fused-ring (bicyclic) bond motifs is 1. The highest BCUT2D eigenvalue weighted by atomic mass is 32.2. The lowest BCUT2D eigenvalue weighted by atomic mass is 9.92. The van der Waals surface area contributed by atoms with E-state index in [1.54, 1.807) is 11.8 Å². The molecule has 0 saturated heterocycles. The number of nitrogens with one attached hydrogen (secondary N) is 1. The summed E-state index contributed by atoms with van der Waals surface area (Å²) in [5, 5.41) is 3.59. The Morgan fingerprint density at radius 1 is 1.53 bits per heavy atom. The molecule has 17 heavy (non-hydrogen) atoms. The summed E-state index contributed by atoms with van der Waals surface area (Å²) in [4.78, 5) is 9.16. The fourth-order valence-electron chi connectivity index (χ4n) is 2.32. The third kappa shape index (κ3) is 3.19. The van der Waals surface area contributed by atoms with E-state index in [4.69, 9.17) is 0 Å². The minimum atomic E-state index is 0.474. The van der Waals surface area contributed by atoms with Crippen LogP contribution in [0.2, 0.25) is 0 Å². The zero-order valence-electron chi connectivity index (χ0n) is 10.7. The van der Waals surface area contributed by atoms with Gasteiger partial charge >= 0.3 is 0 Å². The molecule has 0 saturated carbocycles. The Labute approximate surface area is 108 Å². The molecule has 94 valence electrons. The number of thioether (sulfide) groups is 1. The molecule has 1 atom stereocenters. The van der Waals surface area contributed by atoms with Gasteiger partial charge in [0.25, 0.3) is 0 Å². The fraction of sp³-hybridized carbons (Fsp3) is 0.692. The van der Waals surface area contributed by atoms with Crippen molar-refractivity contribution in [3.8, 4) is 0 Å². The van der Waals surface area contributed by atoms with Crippen LogP contribution in [-0.4, -0.2) is 22.8 Å². The van der Waals surface area contributed by atoms with Gasteiger partial charge in [-0.3, -0.25) is 0 Å². The van der Waals surface area contributed by atoms with E-state index >= 15 is 0 Å². The molecule has 0 aliphatic heterocycles. The molecule has 1 aliphatic carbocycles. The normalized spacial score (nSPS) is 19.1. The van der Waals surface area contributed by atoms with Crippen LogP contribution in [0.25, 0.3) is 0 Å². The number of hydrogen-bond acceptors (Lipinski definition) is 4. The lowest BCUT2D eigenvalue weighted by Gasteiger charge is -2.25.